The van der Waals surface area contributed by atoms with Gasteiger partial charge in [0.25, 0.3) is 0 Å². The molecule has 2 amide bonds. The Bertz CT molecular complexity index is 1390. The van der Waals surface area contributed by atoms with Gasteiger partial charge in [0, 0.05) is 23.5 Å². The summed E-state index contributed by atoms with van der Waals surface area (Å²) in [7, 11) is 0. The number of aromatic nitrogens is 1. The van der Waals surface area contributed by atoms with E-state index in [2.05, 4.69) is 15.6 Å². The van der Waals surface area contributed by atoms with Crippen LogP contribution < -0.4 is 10.6 Å². The van der Waals surface area contributed by atoms with Gasteiger partial charge in [0.05, 0.1) is 0 Å². The molecule has 0 aliphatic carbocycles. The van der Waals surface area contributed by atoms with Crippen molar-refractivity contribution in [3.63, 3.8) is 0 Å². The predicted molar refractivity (Wildman–Crippen MR) is 149 cm³/mol. The molecule has 1 aromatic heterocycles. The monoisotopic (exact) mass is 527 g/mol. The summed E-state index contributed by atoms with van der Waals surface area (Å²) >= 11 is 0. The molecule has 4 aromatic rings. The number of para-hydroxylation sites is 1. The summed E-state index contributed by atoms with van der Waals surface area (Å²) < 4.78 is 10.9. The number of alkyl carbamates (subject to hydrolysis) is 1. The number of rotatable bonds is 11. The van der Waals surface area contributed by atoms with E-state index in [4.69, 9.17) is 9.47 Å². The molecule has 0 fully saturated rings. The Morgan fingerprint density at radius 3 is 2.00 bits per heavy atom. The van der Waals surface area contributed by atoms with Gasteiger partial charge in [-0.05, 0) is 28.7 Å². The number of hydrogen-bond donors (Lipinski definition) is 3. The van der Waals surface area contributed by atoms with Crippen LogP contribution in [0.5, 0.6) is 0 Å². The zero-order valence-electron chi connectivity index (χ0n) is 22.1. The minimum Gasteiger partial charge on any atom is -0.459 e. The molecule has 0 aliphatic rings. The number of fused-ring (bicyclic) bond motifs is 1. The van der Waals surface area contributed by atoms with Crippen LogP contribution in [0, 0.1) is 5.92 Å². The SMILES string of the molecule is CC(C)[C@@H](NC(=O)[C@@H](Cc1c[nH]c2ccccc12)NC(=O)OCc1ccccc1)C(=O)OCc1ccccc1. The number of carbonyl (C=O) groups is 3. The topological polar surface area (TPSA) is 110 Å². The zero-order valence-corrected chi connectivity index (χ0v) is 22.1. The summed E-state index contributed by atoms with van der Waals surface area (Å²) in [6.45, 7) is 3.81. The summed E-state index contributed by atoms with van der Waals surface area (Å²) in [5, 5.41) is 6.43. The van der Waals surface area contributed by atoms with Gasteiger partial charge in [0.2, 0.25) is 5.91 Å². The molecule has 0 spiro atoms. The van der Waals surface area contributed by atoms with Gasteiger partial charge in [0.15, 0.2) is 0 Å². The number of esters is 1. The van der Waals surface area contributed by atoms with E-state index in [1.807, 2.05) is 105 Å². The van der Waals surface area contributed by atoms with Crippen LogP contribution >= 0.6 is 0 Å². The van der Waals surface area contributed by atoms with Crippen molar-refractivity contribution < 1.29 is 23.9 Å². The second kappa shape index (κ2) is 13.3. The normalized spacial score (nSPS) is 12.5. The van der Waals surface area contributed by atoms with E-state index < -0.39 is 30.1 Å². The average Bonchev–Trinajstić information content (AvgIpc) is 3.36. The van der Waals surface area contributed by atoms with Crippen molar-refractivity contribution in [2.45, 2.75) is 45.6 Å². The van der Waals surface area contributed by atoms with Crippen LogP contribution in [0.3, 0.4) is 0 Å². The van der Waals surface area contributed by atoms with Gasteiger partial charge in [-0.2, -0.15) is 0 Å². The molecular weight excluding hydrogens is 494 g/mol. The Hall–Kier alpha value is -4.59. The first kappa shape index (κ1) is 27.4. The van der Waals surface area contributed by atoms with Crippen LogP contribution in [0.25, 0.3) is 10.9 Å². The first-order valence-corrected chi connectivity index (χ1v) is 12.9. The first-order valence-electron chi connectivity index (χ1n) is 12.9. The summed E-state index contributed by atoms with van der Waals surface area (Å²) in [6.07, 6.45) is 1.28. The van der Waals surface area contributed by atoms with Crippen LogP contribution in [-0.2, 0) is 38.7 Å². The largest absolute Gasteiger partial charge is 0.459 e. The number of ether oxygens (including phenoxy) is 2. The lowest BCUT2D eigenvalue weighted by molar-refractivity contribution is -0.150. The molecular formula is C31H33N3O5. The fraction of sp³-hybridized carbons (Fsp3) is 0.258. The van der Waals surface area contributed by atoms with Gasteiger partial charge >= 0.3 is 12.1 Å². The predicted octanol–water partition coefficient (Wildman–Crippen LogP) is 4.89. The third-order valence-electron chi connectivity index (χ3n) is 6.36. The van der Waals surface area contributed by atoms with Gasteiger partial charge in [-0.3, -0.25) is 4.79 Å². The molecule has 0 aliphatic heterocycles. The summed E-state index contributed by atoms with van der Waals surface area (Å²) in [5.74, 6) is -1.29. The minimum absolute atomic E-state index is 0.0640. The Labute approximate surface area is 227 Å². The van der Waals surface area contributed by atoms with Gasteiger partial charge in [-0.1, -0.05) is 92.7 Å². The summed E-state index contributed by atoms with van der Waals surface area (Å²) in [6, 6.07) is 24.4. The van der Waals surface area contributed by atoms with Crippen LogP contribution in [0.4, 0.5) is 4.79 Å². The van der Waals surface area contributed by atoms with Crippen LogP contribution in [0.2, 0.25) is 0 Å². The van der Waals surface area contributed by atoms with E-state index in [1.165, 1.54) is 0 Å². The first-order chi connectivity index (χ1) is 18.9. The van der Waals surface area contributed by atoms with Crippen LogP contribution in [0.15, 0.2) is 91.1 Å². The highest BCUT2D eigenvalue weighted by Crippen LogP contribution is 2.19. The van der Waals surface area contributed by atoms with Crippen molar-refractivity contribution in [3.8, 4) is 0 Å². The highest BCUT2D eigenvalue weighted by molar-refractivity contribution is 5.91. The van der Waals surface area contributed by atoms with Crippen molar-refractivity contribution in [1.82, 2.24) is 15.6 Å². The number of hydrogen-bond acceptors (Lipinski definition) is 5. The van der Waals surface area contributed by atoms with Crippen molar-refractivity contribution in [2.75, 3.05) is 0 Å². The van der Waals surface area contributed by atoms with Gasteiger partial charge in [-0.25, -0.2) is 9.59 Å². The van der Waals surface area contributed by atoms with Crippen molar-refractivity contribution in [1.29, 1.82) is 0 Å². The van der Waals surface area contributed by atoms with E-state index in [1.54, 1.807) is 0 Å². The Balaban J connectivity index is 1.47. The van der Waals surface area contributed by atoms with E-state index in [-0.39, 0.29) is 25.6 Å². The van der Waals surface area contributed by atoms with Gasteiger partial charge in [0.1, 0.15) is 25.3 Å². The van der Waals surface area contributed by atoms with Crippen LogP contribution in [0.1, 0.15) is 30.5 Å². The second-order valence-electron chi connectivity index (χ2n) is 9.65. The quantitative estimate of drug-likeness (QED) is 0.241. The van der Waals surface area contributed by atoms with Crippen molar-refractivity contribution >= 4 is 28.9 Å². The average molecular weight is 528 g/mol. The lowest BCUT2D eigenvalue weighted by Gasteiger charge is -2.24. The fourth-order valence-corrected chi connectivity index (χ4v) is 4.21. The Kier molecular flexibility index (Phi) is 9.34. The third kappa shape index (κ3) is 7.70. The fourth-order valence-electron chi connectivity index (χ4n) is 4.21. The number of nitrogens with one attached hydrogen (secondary N) is 3. The Morgan fingerprint density at radius 1 is 0.769 bits per heavy atom. The third-order valence-corrected chi connectivity index (χ3v) is 6.36. The molecule has 3 aromatic carbocycles. The molecule has 0 saturated carbocycles. The molecule has 8 nitrogen and oxygen atoms in total. The Morgan fingerprint density at radius 2 is 1.36 bits per heavy atom. The van der Waals surface area contributed by atoms with E-state index >= 15 is 0 Å². The molecule has 1 heterocycles. The second-order valence-corrected chi connectivity index (χ2v) is 9.65. The smallest absolute Gasteiger partial charge is 0.408 e. The number of H-pyrrole nitrogens is 1. The molecule has 2 atom stereocenters. The number of amides is 2. The highest BCUT2D eigenvalue weighted by atomic mass is 16.5. The number of aromatic amines is 1. The van der Waals surface area contributed by atoms with Crippen LogP contribution in [-0.4, -0.2) is 35.0 Å². The maximum atomic E-state index is 13.5. The zero-order chi connectivity index (χ0) is 27.6. The molecule has 0 saturated heterocycles. The van der Waals surface area contributed by atoms with Gasteiger partial charge < -0.3 is 25.1 Å². The molecule has 202 valence electrons. The van der Waals surface area contributed by atoms with E-state index in [0.717, 1.165) is 27.6 Å². The maximum absolute atomic E-state index is 13.5. The molecule has 0 radical (unpaired) electrons. The minimum atomic E-state index is -0.990. The molecule has 39 heavy (non-hydrogen) atoms. The molecule has 3 N–H and O–H groups in total. The molecule has 0 unspecified atom stereocenters. The molecule has 4 rings (SSSR count). The summed E-state index contributed by atoms with van der Waals surface area (Å²) in [4.78, 5) is 42.4. The summed E-state index contributed by atoms with van der Waals surface area (Å²) in [5.41, 5.74) is 3.44. The highest BCUT2D eigenvalue weighted by Gasteiger charge is 2.30. The van der Waals surface area contributed by atoms with Gasteiger partial charge in [-0.15, -0.1) is 0 Å². The standard InChI is InChI=1S/C31H33N3O5/c1-21(2)28(30(36)38-19-22-11-5-3-6-12-22)34-29(35)27(17-24-18-32-26-16-10-9-15-25(24)26)33-31(37)39-20-23-13-7-4-8-14-23/h3-16,18,21,27-28,32H,17,19-20H2,1-2H3,(H,33,37)(H,34,35)/t27-,28-/m1/s1. The van der Waals surface area contributed by atoms with E-state index in [9.17, 15) is 14.4 Å². The number of carbonyl (C=O) groups excluding carboxylic acids is 3. The molecule has 8 heteroatoms. The lowest BCUT2D eigenvalue weighted by Crippen LogP contribution is -2.54. The van der Waals surface area contributed by atoms with Crippen molar-refractivity contribution in [2.24, 2.45) is 5.92 Å². The molecule has 0 bridgehead atoms. The lowest BCUT2D eigenvalue weighted by atomic mass is 10.0. The maximum Gasteiger partial charge on any atom is 0.408 e. The van der Waals surface area contributed by atoms with Crippen molar-refractivity contribution in [3.05, 3.63) is 108 Å². The van der Waals surface area contributed by atoms with E-state index in [0.29, 0.717) is 0 Å². The number of benzene rings is 3.